The smallest absolute Gasteiger partial charge is 0.00139 e. The minimum absolute atomic E-state index is 1.22. The molecule has 0 heteroatoms. The topological polar surface area (TPSA) is 0 Å². The average Bonchev–Trinajstić information content (AvgIpc) is 0.738. The van der Waals surface area contributed by atoms with Crippen molar-refractivity contribution in [1.29, 1.82) is 0 Å². The van der Waals surface area contributed by atoms with Crippen LogP contribution < -0.4 is 0 Å². The Kier molecular flexibility index (Phi) is 22.4. The first-order chi connectivity index (χ1) is 65.5. The quantitative estimate of drug-likeness (QED) is 0.0898. The molecule has 0 N–H and O–H groups in total. The molecule has 24 aromatic rings. The van der Waals surface area contributed by atoms with Crippen molar-refractivity contribution in [1.82, 2.24) is 0 Å². The molecule has 0 radical (unpaired) electrons. The Bertz CT molecular complexity index is 7960. The van der Waals surface area contributed by atoms with Crippen molar-refractivity contribution in [2.24, 2.45) is 0 Å². The van der Waals surface area contributed by atoms with E-state index in [-0.39, 0.29) is 0 Å². The van der Waals surface area contributed by atoms with Crippen LogP contribution in [0.4, 0.5) is 0 Å². The molecular weight excluding hydrogens is 1590 g/mol. The van der Waals surface area contributed by atoms with E-state index < -0.39 is 0 Å². The summed E-state index contributed by atoms with van der Waals surface area (Å²) >= 11 is 0. The zero-order chi connectivity index (χ0) is 87.9. The van der Waals surface area contributed by atoms with Crippen molar-refractivity contribution < 1.29 is 0 Å². The second-order valence-electron chi connectivity index (χ2n) is 33.8. The van der Waals surface area contributed by atoms with Gasteiger partial charge in [-0.2, -0.15) is 0 Å². The zero-order valence-electron chi connectivity index (χ0n) is 73.0. The Morgan fingerprint density at radius 1 is 0.0682 bits per heavy atom. The van der Waals surface area contributed by atoms with Crippen LogP contribution in [0, 0.1) is 0 Å². The van der Waals surface area contributed by atoms with E-state index in [0.29, 0.717) is 0 Å². The van der Waals surface area contributed by atoms with Gasteiger partial charge in [0.05, 0.1) is 0 Å². The van der Waals surface area contributed by atoms with Gasteiger partial charge in [0.15, 0.2) is 0 Å². The Morgan fingerprint density at radius 2 is 0.242 bits per heavy atom. The Balaban J connectivity index is 0.000000116. The molecule has 0 bridgehead atoms. The van der Waals surface area contributed by atoms with Gasteiger partial charge in [-0.3, -0.25) is 0 Å². The number of fused-ring (bicyclic) bond motifs is 6. The van der Waals surface area contributed by atoms with Gasteiger partial charge in [-0.25, -0.2) is 0 Å². The highest BCUT2D eigenvalue weighted by molar-refractivity contribution is 6.26. The Hall–Kier alpha value is -17.2. The number of rotatable bonds is 15. The van der Waals surface area contributed by atoms with Crippen molar-refractivity contribution in [3.05, 3.63) is 546 Å². The third kappa shape index (κ3) is 15.9. The fourth-order valence-corrected chi connectivity index (χ4v) is 19.9. The third-order valence-corrected chi connectivity index (χ3v) is 26.0. The van der Waals surface area contributed by atoms with Crippen LogP contribution in [-0.2, 0) is 0 Å². The highest BCUT2D eigenvalue weighted by atomic mass is 14.3. The predicted molar refractivity (Wildman–Crippen MR) is 566 cm³/mol. The highest BCUT2D eigenvalue weighted by Crippen LogP contribution is 2.52. The molecule has 0 aliphatic carbocycles. The van der Waals surface area contributed by atoms with Gasteiger partial charge in [0, 0.05) is 0 Å². The minimum Gasteiger partial charge on any atom is -0.0622 e. The van der Waals surface area contributed by atoms with E-state index in [1.807, 2.05) is 0 Å². The summed E-state index contributed by atoms with van der Waals surface area (Å²) in [4.78, 5) is 0. The third-order valence-electron chi connectivity index (χ3n) is 26.0. The molecule has 0 saturated heterocycles. The molecule has 0 heterocycles. The molecular formula is C132H90. The summed E-state index contributed by atoms with van der Waals surface area (Å²) in [5, 5.41) is 15.1. The van der Waals surface area contributed by atoms with Crippen LogP contribution in [0.2, 0.25) is 0 Å². The lowest BCUT2D eigenvalue weighted by Gasteiger charge is -2.22. The summed E-state index contributed by atoms with van der Waals surface area (Å²) < 4.78 is 0. The van der Waals surface area contributed by atoms with Gasteiger partial charge in [0.25, 0.3) is 0 Å². The van der Waals surface area contributed by atoms with Crippen LogP contribution in [0.1, 0.15) is 0 Å². The van der Waals surface area contributed by atoms with Gasteiger partial charge in [-0.15, -0.1) is 0 Å². The van der Waals surface area contributed by atoms with Crippen molar-refractivity contribution in [3.63, 3.8) is 0 Å². The van der Waals surface area contributed by atoms with Gasteiger partial charge in [-0.1, -0.05) is 522 Å². The Labute approximate surface area is 772 Å². The van der Waals surface area contributed by atoms with Crippen LogP contribution in [0.5, 0.6) is 0 Å². The highest BCUT2D eigenvalue weighted by Gasteiger charge is 2.25. The van der Waals surface area contributed by atoms with Crippen molar-refractivity contribution >= 4 is 64.6 Å². The predicted octanol–water partition coefficient (Wildman–Crippen LogP) is 37.0. The number of hydrogen-bond acceptors (Lipinski definition) is 0. The van der Waals surface area contributed by atoms with E-state index in [0.717, 1.165) is 0 Å². The fourth-order valence-electron chi connectivity index (χ4n) is 19.9. The molecule has 0 nitrogen and oxygen atoms in total. The van der Waals surface area contributed by atoms with Crippen LogP contribution in [0.3, 0.4) is 0 Å². The minimum atomic E-state index is 1.22. The van der Waals surface area contributed by atoms with E-state index in [1.165, 1.54) is 232 Å². The summed E-state index contributed by atoms with van der Waals surface area (Å²) in [6.07, 6.45) is 0. The molecule has 0 spiro atoms. The summed E-state index contributed by atoms with van der Waals surface area (Å²) in [5.41, 5.74) is 37.1. The van der Waals surface area contributed by atoms with Crippen molar-refractivity contribution in [2.75, 3.05) is 0 Å². The number of benzene rings is 24. The van der Waals surface area contributed by atoms with Gasteiger partial charge in [0.1, 0.15) is 0 Å². The molecule has 24 rings (SSSR count). The first kappa shape index (κ1) is 80.7. The maximum Gasteiger partial charge on any atom is -0.00139 e. The van der Waals surface area contributed by atoms with Crippen LogP contribution >= 0.6 is 0 Å². The second-order valence-corrected chi connectivity index (χ2v) is 33.8. The summed E-state index contributed by atoms with van der Waals surface area (Å²) in [6.45, 7) is 0. The molecule has 0 unspecified atom stereocenters. The largest absolute Gasteiger partial charge is 0.0622 e. The lowest BCUT2D eigenvalue weighted by molar-refractivity contribution is 1.57. The molecule has 0 aliphatic heterocycles. The number of hydrogen-bond donors (Lipinski definition) is 0. The maximum atomic E-state index is 2.39. The first-order valence-electron chi connectivity index (χ1n) is 45.6. The molecule has 0 aliphatic rings. The van der Waals surface area contributed by atoms with E-state index in [4.69, 9.17) is 0 Å². The fraction of sp³-hybridized carbons (Fsp3) is 0. The summed E-state index contributed by atoms with van der Waals surface area (Å²) in [6, 6.07) is 198. The van der Waals surface area contributed by atoms with Crippen LogP contribution in [0.25, 0.3) is 232 Å². The molecule has 132 heavy (non-hydrogen) atoms. The molecule has 0 aromatic heterocycles. The van der Waals surface area contributed by atoms with Gasteiger partial charge < -0.3 is 0 Å². The SMILES string of the molecule is c1ccc(-c2ccc(-c3c4ccccc4c(-c4c(-c5ccccc5)cccc4-c4ccccc4)c4ccccc34)cc2)cc1.c1ccc(-c2ccc(-c3c4ccccc4c(-c4cc(-c5ccccc5)cc(-c5ccccc5)c4)c4ccccc34)cc2)cc1.c1ccc(-c2ccc(-c3c4ccccc4c(-c4ccc(-c5ccccc5)c(-c5ccccc5)c4)c4ccccc34)cc2)cc1. The second kappa shape index (κ2) is 36.7. The summed E-state index contributed by atoms with van der Waals surface area (Å²) in [5.74, 6) is 0. The molecule has 618 valence electrons. The van der Waals surface area contributed by atoms with E-state index in [9.17, 15) is 0 Å². The molecule has 24 aromatic carbocycles. The monoisotopic (exact) mass is 1670 g/mol. The molecule has 0 amide bonds. The average molecular weight is 1680 g/mol. The lowest BCUT2D eigenvalue weighted by atomic mass is 9.81. The maximum absolute atomic E-state index is 2.39. The Morgan fingerprint density at radius 3 is 0.508 bits per heavy atom. The van der Waals surface area contributed by atoms with Gasteiger partial charge in [-0.05, 0) is 256 Å². The van der Waals surface area contributed by atoms with Gasteiger partial charge >= 0.3 is 0 Å². The van der Waals surface area contributed by atoms with Crippen LogP contribution in [0.15, 0.2) is 546 Å². The normalized spacial score (nSPS) is 11.2. The van der Waals surface area contributed by atoms with Crippen LogP contribution in [-0.4, -0.2) is 0 Å². The van der Waals surface area contributed by atoms with E-state index in [1.54, 1.807) is 0 Å². The lowest BCUT2D eigenvalue weighted by Crippen LogP contribution is -1.95. The zero-order valence-corrected chi connectivity index (χ0v) is 73.0. The summed E-state index contributed by atoms with van der Waals surface area (Å²) in [7, 11) is 0. The van der Waals surface area contributed by atoms with Gasteiger partial charge in [0.2, 0.25) is 0 Å². The first-order valence-corrected chi connectivity index (χ1v) is 45.6. The van der Waals surface area contributed by atoms with E-state index >= 15 is 0 Å². The standard InChI is InChI=1S/3C44H30/c1-4-15-31(16-5-1)32-27-29-35(30-28-32)42-38-21-10-12-23-40(38)44(41-24-13-11-22-39(41)42)43-36(33-17-6-2-7-18-33)25-14-26-37(43)34-19-8-3-9-20-34;1-4-14-31(15-5-1)34-24-26-35(27-25-34)43-39-20-10-12-22-41(39)44(42-23-13-11-21-40(42)43)38-29-36(32-16-6-2-7-17-32)28-37(30-38)33-18-8-3-9-19-33;1-4-14-31(15-5-1)32-24-26-35(27-25-32)43-38-20-10-12-22-40(38)44(41-23-13-11-21-39(41)43)36-28-29-37(33-16-6-2-7-17-33)42(30-36)34-18-8-3-9-19-34/h3*1-30H. The molecule has 0 atom stereocenters. The molecule has 0 saturated carbocycles. The molecule has 0 fully saturated rings. The van der Waals surface area contributed by atoms with Crippen molar-refractivity contribution in [2.45, 2.75) is 0 Å². The van der Waals surface area contributed by atoms with E-state index in [2.05, 4.69) is 546 Å². The van der Waals surface area contributed by atoms with Crippen molar-refractivity contribution in [3.8, 4) is 167 Å².